The number of aromatic nitrogens is 1. The van der Waals surface area contributed by atoms with Gasteiger partial charge in [-0.1, -0.05) is 24.3 Å². The van der Waals surface area contributed by atoms with Gasteiger partial charge in [0.1, 0.15) is 21.5 Å². The molecule has 1 N–H and O–H groups in total. The second-order valence-electron chi connectivity index (χ2n) is 5.87. The fourth-order valence-electron chi connectivity index (χ4n) is 2.56. The van der Waals surface area contributed by atoms with Crippen LogP contribution in [0.1, 0.15) is 27.7 Å². The summed E-state index contributed by atoms with van der Waals surface area (Å²) in [4.78, 5) is 28.7. The molecule has 0 spiro atoms. The molecule has 0 bridgehead atoms. The number of esters is 1. The van der Waals surface area contributed by atoms with E-state index in [0.29, 0.717) is 16.1 Å². The molecule has 1 amide bonds. The molecule has 1 heterocycles. The SMILES string of the molecule is COC(=O)CC(NC(=O)c1cnc(-c2ccccc2F)s1)c1ccc(F)cc1. The third kappa shape index (κ3) is 4.58. The van der Waals surface area contributed by atoms with Gasteiger partial charge in [-0.2, -0.15) is 0 Å². The second kappa shape index (κ2) is 8.71. The van der Waals surface area contributed by atoms with E-state index in [-0.39, 0.29) is 11.3 Å². The van der Waals surface area contributed by atoms with Gasteiger partial charge in [-0.3, -0.25) is 9.59 Å². The van der Waals surface area contributed by atoms with Gasteiger partial charge < -0.3 is 10.1 Å². The van der Waals surface area contributed by atoms with Gasteiger partial charge in [0.05, 0.1) is 25.8 Å². The summed E-state index contributed by atoms with van der Waals surface area (Å²) in [6.45, 7) is 0. The lowest BCUT2D eigenvalue weighted by Gasteiger charge is -2.17. The summed E-state index contributed by atoms with van der Waals surface area (Å²) in [5, 5.41) is 3.10. The summed E-state index contributed by atoms with van der Waals surface area (Å²) >= 11 is 1.03. The van der Waals surface area contributed by atoms with Crippen molar-refractivity contribution in [3.63, 3.8) is 0 Å². The Morgan fingerprint density at radius 2 is 1.86 bits per heavy atom. The quantitative estimate of drug-likeness (QED) is 0.630. The molecule has 5 nitrogen and oxygen atoms in total. The molecule has 1 unspecified atom stereocenters. The summed E-state index contributed by atoms with van der Waals surface area (Å²) in [5.74, 6) is -1.85. The van der Waals surface area contributed by atoms with Crippen molar-refractivity contribution in [1.29, 1.82) is 0 Å². The molecule has 0 aliphatic heterocycles. The number of benzene rings is 2. The van der Waals surface area contributed by atoms with E-state index >= 15 is 0 Å². The zero-order valence-electron chi connectivity index (χ0n) is 14.8. The fraction of sp³-hybridized carbons (Fsp3) is 0.150. The summed E-state index contributed by atoms with van der Waals surface area (Å²) < 4.78 is 31.8. The maximum atomic E-state index is 13.9. The summed E-state index contributed by atoms with van der Waals surface area (Å²) in [7, 11) is 1.25. The zero-order valence-corrected chi connectivity index (χ0v) is 15.6. The number of carbonyl (C=O) groups is 2. The second-order valence-corrected chi connectivity index (χ2v) is 6.90. The van der Waals surface area contributed by atoms with Gasteiger partial charge >= 0.3 is 5.97 Å². The first-order chi connectivity index (χ1) is 13.5. The van der Waals surface area contributed by atoms with Crippen LogP contribution < -0.4 is 5.32 Å². The monoisotopic (exact) mass is 402 g/mol. The summed E-state index contributed by atoms with van der Waals surface area (Å²) in [6.07, 6.45) is 1.23. The smallest absolute Gasteiger partial charge is 0.307 e. The lowest BCUT2D eigenvalue weighted by Crippen LogP contribution is -2.30. The predicted octanol–water partition coefficient (Wildman–Crippen LogP) is 4.12. The first-order valence-electron chi connectivity index (χ1n) is 8.32. The van der Waals surface area contributed by atoms with Crippen LogP contribution in [0, 0.1) is 11.6 Å². The summed E-state index contributed by atoms with van der Waals surface area (Å²) in [5.41, 5.74) is 0.857. The number of thiazole rings is 1. The standard InChI is InChI=1S/C20H16F2N2O3S/c1-27-18(25)10-16(12-6-8-13(21)9-7-12)24-19(26)17-11-23-20(28-17)14-4-2-3-5-15(14)22/h2-9,11,16H,10H2,1H3,(H,24,26). The van der Waals surface area contributed by atoms with Crippen LogP contribution in [0.3, 0.4) is 0 Å². The molecule has 0 aliphatic rings. The van der Waals surface area contributed by atoms with Crippen LogP contribution in [0.4, 0.5) is 8.78 Å². The van der Waals surface area contributed by atoms with Crippen LogP contribution in [0.25, 0.3) is 10.6 Å². The van der Waals surface area contributed by atoms with Crippen LogP contribution in [0.2, 0.25) is 0 Å². The number of rotatable bonds is 6. The van der Waals surface area contributed by atoms with Crippen molar-refractivity contribution in [2.45, 2.75) is 12.5 Å². The van der Waals surface area contributed by atoms with Crippen molar-refractivity contribution >= 4 is 23.2 Å². The molecular weight excluding hydrogens is 386 g/mol. The van der Waals surface area contributed by atoms with Gasteiger partial charge in [-0.25, -0.2) is 13.8 Å². The third-order valence-electron chi connectivity index (χ3n) is 4.01. The van der Waals surface area contributed by atoms with Gasteiger partial charge in [-0.15, -0.1) is 11.3 Å². The molecule has 3 rings (SSSR count). The number of amides is 1. The molecule has 1 aromatic heterocycles. The average molecular weight is 402 g/mol. The number of carbonyl (C=O) groups excluding carboxylic acids is 2. The third-order valence-corrected chi connectivity index (χ3v) is 5.04. The Hall–Kier alpha value is -3.13. The molecule has 0 aliphatic carbocycles. The Balaban J connectivity index is 1.81. The largest absolute Gasteiger partial charge is 0.469 e. The normalized spacial score (nSPS) is 11.7. The highest BCUT2D eigenvalue weighted by atomic mass is 32.1. The first kappa shape index (κ1) is 19.6. The number of ether oxygens (including phenoxy) is 1. The van der Waals surface area contributed by atoms with Crippen molar-refractivity contribution in [3.8, 4) is 10.6 Å². The number of methoxy groups -OCH3 is 1. The van der Waals surface area contributed by atoms with Crippen molar-refractivity contribution in [1.82, 2.24) is 10.3 Å². The number of nitrogens with zero attached hydrogens (tertiary/aromatic N) is 1. The van der Waals surface area contributed by atoms with Crippen molar-refractivity contribution in [2.24, 2.45) is 0 Å². The Bertz CT molecular complexity index is 989. The highest BCUT2D eigenvalue weighted by Gasteiger charge is 2.21. The molecule has 0 fully saturated rings. The zero-order chi connectivity index (χ0) is 20.1. The maximum Gasteiger partial charge on any atom is 0.307 e. The van der Waals surface area contributed by atoms with E-state index in [1.807, 2.05) is 0 Å². The van der Waals surface area contributed by atoms with E-state index in [1.54, 1.807) is 18.2 Å². The van der Waals surface area contributed by atoms with E-state index in [4.69, 9.17) is 0 Å². The van der Waals surface area contributed by atoms with E-state index < -0.39 is 29.6 Å². The highest BCUT2D eigenvalue weighted by Crippen LogP contribution is 2.28. The molecule has 0 saturated heterocycles. The fourth-order valence-corrected chi connectivity index (χ4v) is 3.41. The van der Waals surface area contributed by atoms with Gasteiger partial charge in [0, 0.05) is 5.56 Å². The lowest BCUT2D eigenvalue weighted by atomic mass is 10.0. The average Bonchev–Trinajstić information content (AvgIpc) is 3.18. The van der Waals surface area contributed by atoms with E-state index in [0.717, 1.165) is 11.3 Å². The van der Waals surface area contributed by atoms with E-state index in [9.17, 15) is 18.4 Å². The Labute approximate surface area is 164 Å². The number of hydrogen-bond donors (Lipinski definition) is 1. The minimum atomic E-state index is -0.709. The van der Waals surface area contributed by atoms with Crippen LogP contribution >= 0.6 is 11.3 Å². The summed E-state index contributed by atoms with van der Waals surface area (Å²) in [6, 6.07) is 10.9. The van der Waals surface area contributed by atoms with Gasteiger partial charge in [0.15, 0.2) is 0 Å². The number of nitrogens with one attached hydrogen (secondary N) is 1. The van der Waals surface area contributed by atoms with Crippen molar-refractivity contribution < 1.29 is 23.1 Å². The van der Waals surface area contributed by atoms with Crippen molar-refractivity contribution in [3.05, 3.63) is 76.8 Å². The Kier molecular flexibility index (Phi) is 6.10. The topological polar surface area (TPSA) is 68.3 Å². The molecule has 0 radical (unpaired) electrons. The Morgan fingerprint density at radius 3 is 2.54 bits per heavy atom. The molecule has 1 atom stereocenters. The van der Waals surface area contributed by atoms with Gasteiger partial charge in [-0.05, 0) is 29.8 Å². The van der Waals surface area contributed by atoms with Crippen LogP contribution in [-0.2, 0) is 9.53 Å². The van der Waals surface area contributed by atoms with E-state index in [1.165, 1.54) is 43.6 Å². The molecular formula is C20H16F2N2O3S. The maximum absolute atomic E-state index is 13.9. The molecule has 28 heavy (non-hydrogen) atoms. The van der Waals surface area contributed by atoms with Crippen LogP contribution in [0.5, 0.6) is 0 Å². The van der Waals surface area contributed by atoms with Crippen LogP contribution in [-0.4, -0.2) is 24.0 Å². The van der Waals surface area contributed by atoms with Crippen LogP contribution in [0.15, 0.2) is 54.7 Å². The van der Waals surface area contributed by atoms with E-state index in [2.05, 4.69) is 15.0 Å². The van der Waals surface area contributed by atoms with Gasteiger partial charge in [0.2, 0.25) is 0 Å². The molecule has 2 aromatic carbocycles. The minimum absolute atomic E-state index is 0.118. The minimum Gasteiger partial charge on any atom is -0.469 e. The number of hydrogen-bond acceptors (Lipinski definition) is 5. The first-order valence-corrected chi connectivity index (χ1v) is 9.13. The molecule has 0 saturated carbocycles. The number of halogens is 2. The van der Waals surface area contributed by atoms with Gasteiger partial charge in [0.25, 0.3) is 5.91 Å². The Morgan fingerprint density at radius 1 is 1.14 bits per heavy atom. The predicted molar refractivity (Wildman–Crippen MR) is 101 cm³/mol. The molecule has 3 aromatic rings. The molecule has 8 heteroatoms. The molecule has 144 valence electrons. The van der Waals surface area contributed by atoms with Crippen molar-refractivity contribution in [2.75, 3.05) is 7.11 Å². The lowest BCUT2D eigenvalue weighted by molar-refractivity contribution is -0.141. The highest BCUT2D eigenvalue weighted by molar-refractivity contribution is 7.16.